The Bertz CT molecular complexity index is 1050. The summed E-state index contributed by atoms with van der Waals surface area (Å²) in [5.74, 6) is 1.54. The molecule has 0 amide bonds. The molecule has 0 atom stereocenters. The standard InChI is InChI=1S/C30H33/c1-19(2)24-15-25(20(3)4)17-27(16-24)30-28(22-10-8-7-9-11-22)13-12-23-14-26(21(5)6)18-29(23)30/h7-21H,1-6H3. The third-order valence-corrected chi connectivity index (χ3v) is 6.26. The predicted molar refractivity (Wildman–Crippen MR) is 132 cm³/mol. The van der Waals surface area contributed by atoms with Crippen molar-refractivity contribution in [3.05, 3.63) is 94.9 Å². The molecule has 0 heteroatoms. The Labute approximate surface area is 182 Å². The van der Waals surface area contributed by atoms with E-state index < -0.39 is 0 Å². The SMILES string of the molecule is CC(C)C1=Cc2c(ccc(-c3ccccc3)c2-c2cc(C(C)C)cc(C(C)C)c2)[CH]1. The van der Waals surface area contributed by atoms with E-state index in [1.54, 1.807) is 0 Å². The molecule has 153 valence electrons. The largest absolute Gasteiger partial charge is 0.0622 e. The van der Waals surface area contributed by atoms with Gasteiger partial charge in [0.15, 0.2) is 0 Å². The first-order valence-electron chi connectivity index (χ1n) is 11.3. The van der Waals surface area contributed by atoms with Crippen LogP contribution in [0.5, 0.6) is 0 Å². The summed E-state index contributed by atoms with van der Waals surface area (Å²) in [6.45, 7) is 13.7. The summed E-state index contributed by atoms with van der Waals surface area (Å²) in [5.41, 5.74) is 12.3. The van der Waals surface area contributed by atoms with Crippen molar-refractivity contribution in [2.75, 3.05) is 0 Å². The highest BCUT2D eigenvalue weighted by atomic mass is 14.3. The molecular formula is C30H33. The zero-order chi connectivity index (χ0) is 21.4. The van der Waals surface area contributed by atoms with Crippen molar-refractivity contribution in [1.82, 2.24) is 0 Å². The molecule has 4 rings (SSSR count). The lowest BCUT2D eigenvalue weighted by molar-refractivity contribution is 0.789. The number of hydrogen-bond donors (Lipinski definition) is 0. The lowest BCUT2D eigenvalue weighted by Gasteiger charge is -2.19. The van der Waals surface area contributed by atoms with Crippen LogP contribution in [0.2, 0.25) is 0 Å². The molecule has 0 nitrogen and oxygen atoms in total. The Balaban J connectivity index is 2.03. The number of fused-ring (bicyclic) bond motifs is 1. The van der Waals surface area contributed by atoms with Crippen molar-refractivity contribution in [2.45, 2.75) is 53.4 Å². The van der Waals surface area contributed by atoms with Crippen LogP contribution >= 0.6 is 0 Å². The van der Waals surface area contributed by atoms with Crippen LogP contribution in [-0.2, 0) is 0 Å². The fraction of sp³-hybridized carbons (Fsp3) is 0.300. The van der Waals surface area contributed by atoms with Crippen LogP contribution in [0.25, 0.3) is 28.3 Å². The molecule has 0 unspecified atom stereocenters. The van der Waals surface area contributed by atoms with Gasteiger partial charge in [0, 0.05) is 6.42 Å². The summed E-state index contributed by atoms with van der Waals surface area (Å²) in [6, 6.07) is 22.7. The summed E-state index contributed by atoms with van der Waals surface area (Å²) in [6.07, 6.45) is 4.78. The number of allylic oxidation sites excluding steroid dienone is 1. The molecule has 3 aromatic carbocycles. The van der Waals surface area contributed by atoms with Crippen LogP contribution in [0.4, 0.5) is 0 Å². The molecule has 0 spiro atoms. The van der Waals surface area contributed by atoms with E-state index >= 15 is 0 Å². The molecule has 30 heavy (non-hydrogen) atoms. The normalized spacial score (nSPS) is 13.3. The first-order chi connectivity index (χ1) is 14.3. The first kappa shape index (κ1) is 20.7. The minimum absolute atomic E-state index is 0.507. The van der Waals surface area contributed by atoms with Gasteiger partial charge in [0.2, 0.25) is 0 Å². The Morgan fingerprint density at radius 3 is 1.80 bits per heavy atom. The highest BCUT2D eigenvalue weighted by Crippen LogP contribution is 2.44. The van der Waals surface area contributed by atoms with Gasteiger partial charge in [-0.2, -0.15) is 0 Å². The lowest BCUT2D eigenvalue weighted by atomic mass is 9.85. The van der Waals surface area contributed by atoms with E-state index in [4.69, 9.17) is 0 Å². The Hall–Kier alpha value is -2.60. The van der Waals surface area contributed by atoms with Crippen molar-refractivity contribution < 1.29 is 0 Å². The van der Waals surface area contributed by atoms with Crippen molar-refractivity contribution in [3.8, 4) is 22.3 Å². The van der Waals surface area contributed by atoms with Crippen molar-refractivity contribution >= 4 is 6.08 Å². The highest BCUT2D eigenvalue weighted by molar-refractivity contribution is 5.94. The van der Waals surface area contributed by atoms with Gasteiger partial charge in [-0.15, -0.1) is 0 Å². The number of rotatable bonds is 5. The van der Waals surface area contributed by atoms with Crippen LogP contribution in [0.3, 0.4) is 0 Å². The van der Waals surface area contributed by atoms with Crippen molar-refractivity contribution in [2.24, 2.45) is 5.92 Å². The molecule has 0 aromatic heterocycles. The fourth-order valence-electron chi connectivity index (χ4n) is 4.30. The van der Waals surface area contributed by atoms with Gasteiger partial charge >= 0.3 is 0 Å². The van der Waals surface area contributed by atoms with Gasteiger partial charge in [-0.05, 0) is 62.3 Å². The summed E-state index contributed by atoms with van der Waals surface area (Å²) in [5, 5.41) is 0. The van der Waals surface area contributed by atoms with Gasteiger partial charge in [-0.1, -0.05) is 114 Å². The van der Waals surface area contributed by atoms with Gasteiger partial charge in [0.05, 0.1) is 0 Å². The summed E-state index contributed by atoms with van der Waals surface area (Å²) in [4.78, 5) is 0. The third kappa shape index (κ3) is 3.88. The van der Waals surface area contributed by atoms with Crippen molar-refractivity contribution in [3.63, 3.8) is 0 Å². The molecule has 1 radical (unpaired) electrons. The van der Waals surface area contributed by atoms with Crippen LogP contribution in [0.15, 0.2) is 66.2 Å². The Morgan fingerprint density at radius 1 is 0.600 bits per heavy atom. The monoisotopic (exact) mass is 393 g/mol. The smallest absolute Gasteiger partial charge is 0.0167 e. The topological polar surface area (TPSA) is 0 Å². The zero-order valence-electron chi connectivity index (χ0n) is 19.2. The van der Waals surface area contributed by atoms with Gasteiger partial charge in [-0.3, -0.25) is 0 Å². The fourth-order valence-corrected chi connectivity index (χ4v) is 4.30. The average molecular weight is 394 g/mol. The molecule has 0 aliphatic heterocycles. The second-order valence-corrected chi connectivity index (χ2v) is 9.50. The average Bonchev–Trinajstić information content (AvgIpc) is 3.18. The zero-order valence-corrected chi connectivity index (χ0v) is 19.2. The van der Waals surface area contributed by atoms with Crippen LogP contribution in [0.1, 0.15) is 75.6 Å². The maximum atomic E-state index is 2.42. The molecule has 1 aliphatic carbocycles. The van der Waals surface area contributed by atoms with E-state index in [-0.39, 0.29) is 0 Å². The van der Waals surface area contributed by atoms with E-state index in [0.29, 0.717) is 17.8 Å². The first-order valence-corrected chi connectivity index (χ1v) is 11.3. The third-order valence-electron chi connectivity index (χ3n) is 6.26. The molecule has 0 N–H and O–H groups in total. The minimum atomic E-state index is 0.507. The summed E-state index contributed by atoms with van der Waals surface area (Å²) in [7, 11) is 0. The molecular weight excluding hydrogens is 360 g/mol. The molecule has 0 fully saturated rings. The number of hydrogen-bond acceptors (Lipinski definition) is 0. The van der Waals surface area contributed by atoms with Crippen LogP contribution in [0, 0.1) is 12.3 Å². The second kappa shape index (κ2) is 8.26. The van der Waals surface area contributed by atoms with Gasteiger partial charge < -0.3 is 0 Å². The maximum Gasteiger partial charge on any atom is 0.0167 e. The minimum Gasteiger partial charge on any atom is -0.0622 e. The molecule has 3 aromatic rings. The van der Waals surface area contributed by atoms with E-state index in [2.05, 4.69) is 115 Å². The van der Waals surface area contributed by atoms with Crippen LogP contribution < -0.4 is 0 Å². The summed E-state index contributed by atoms with van der Waals surface area (Å²) >= 11 is 0. The molecule has 0 saturated carbocycles. The Morgan fingerprint density at radius 2 is 1.23 bits per heavy atom. The highest BCUT2D eigenvalue weighted by Gasteiger charge is 2.23. The van der Waals surface area contributed by atoms with E-state index in [1.807, 2.05) is 0 Å². The van der Waals surface area contributed by atoms with Gasteiger partial charge in [0.25, 0.3) is 0 Å². The predicted octanol–water partition coefficient (Wildman–Crippen LogP) is 8.87. The lowest BCUT2D eigenvalue weighted by Crippen LogP contribution is -1.98. The molecule has 0 heterocycles. The molecule has 1 aliphatic rings. The van der Waals surface area contributed by atoms with Gasteiger partial charge in [0.1, 0.15) is 0 Å². The van der Waals surface area contributed by atoms with Crippen LogP contribution in [-0.4, -0.2) is 0 Å². The van der Waals surface area contributed by atoms with E-state index in [1.165, 1.54) is 50.1 Å². The number of benzene rings is 3. The van der Waals surface area contributed by atoms with E-state index in [0.717, 1.165) is 0 Å². The maximum absolute atomic E-state index is 2.42. The van der Waals surface area contributed by atoms with Gasteiger partial charge in [-0.25, -0.2) is 0 Å². The summed E-state index contributed by atoms with van der Waals surface area (Å²) < 4.78 is 0. The van der Waals surface area contributed by atoms with E-state index in [9.17, 15) is 0 Å². The second-order valence-electron chi connectivity index (χ2n) is 9.50. The molecule has 0 saturated heterocycles. The van der Waals surface area contributed by atoms with Crippen molar-refractivity contribution in [1.29, 1.82) is 0 Å². The molecule has 0 bridgehead atoms. The Kier molecular flexibility index (Phi) is 5.69. The quantitative estimate of drug-likeness (QED) is 0.406.